The van der Waals surface area contributed by atoms with E-state index in [9.17, 15) is 8.42 Å². The fraction of sp³-hybridized carbons (Fsp3) is 0.556. The monoisotopic (exact) mass is 360 g/mol. The van der Waals surface area contributed by atoms with E-state index in [1.807, 2.05) is 37.6 Å². The standard InChI is InChI=1S/C18H24N4O2S/c1-13-5-6-14(2)16(9-13)25(23,24)22-10-15(17-20-19-12-21(17)3)18(11-22)7-4-8-18/h5-6,9,12,15H,4,7-8,10-11H2,1-3H3. The molecule has 0 N–H and O–H groups in total. The molecule has 2 aromatic rings. The summed E-state index contributed by atoms with van der Waals surface area (Å²) in [5.74, 6) is 1.02. The summed E-state index contributed by atoms with van der Waals surface area (Å²) in [5, 5.41) is 8.29. The third-order valence-electron chi connectivity index (χ3n) is 5.99. The molecule has 4 rings (SSSR count). The van der Waals surface area contributed by atoms with Gasteiger partial charge in [0.25, 0.3) is 0 Å². The summed E-state index contributed by atoms with van der Waals surface area (Å²) in [6, 6.07) is 5.62. The number of rotatable bonds is 3. The van der Waals surface area contributed by atoms with Crippen molar-refractivity contribution in [3.05, 3.63) is 41.5 Å². The van der Waals surface area contributed by atoms with Crippen molar-refractivity contribution in [1.29, 1.82) is 0 Å². The van der Waals surface area contributed by atoms with Gasteiger partial charge in [-0.25, -0.2) is 8.42 Å². The van der Waals surface area contributed by atoms with E-state index in [4.69, 9.17) is 0 Å². The van der Waals surface area contributed by atoms with Gasteiger partial charge in [-0.05, 0) is 49.3 Å². The Kier molecular flexibility index (Phi) is 3.77. The molecule has 1 unspecified atom stereocenters. The van der Waals surface area contributed by atoms with Gasteiger partial charge in [0.1, 0.15) is 12.2 Å². The van der Waals surface area contributed by atoms with E-state index < -0.39 is 10.0 Å². The van der Waals surface area contributed by atoms with E-state index in [2.05, 4.69) is 10.2 Å². The minimum Gasteiger partial charge on any atom is -0.320 e. The summed E-state index contributed by atoms with van der Waals surface area (Å²) < 4.78 is 30.2. The highest BCUT2D eigenvalue weighted by Crippen LogP contribution is 2.56. The molecule has 0 amide bonds. The molecule has 0 bridgehead atoms. The van der Waals surface area contributed by atoms with Crippen LogP contribution in [0.3, 0.4) is 0 Å². The predicted molar refractivity (Wildman–Crippen MR) is 94.7 cm³/mol. The zero-order chi connectivity index (χ0) is 17.8. The van der Waals surface area contributed by atoms with Crippen LogP contribution in [0.15, 0.2) is 29.4 Å². The number of benzene rings is 1. The molecule has 25 heavy (non-hydrogen) atoms. The predicted octanol–water partition coefficient (Wildman–Crippen LogP) is 2.39. The maximum absolute atomic E-state index is 13.3. The molecule has 1 atom stereocenters. The van der Waals surface area contributed by atoms with Gasteiger partial charge < -0.3 is 4.57 Å². The molecule has 1 spiro atoms. The van der Waals surface area contributed by atoms with Crippen LogP contribution in [0.2, 0.25) is 0 Å². The third kappa shape index (κ3) is 2.52. The number of aromatic nitrogens is 3. The van der Waals surface area contributed by atoms with E-state index in [1.54, 1.807) is 16.7 Å². The van der Waals surface area contributed by atoms with Crippen molar-refractivity contribution in [1.82, 2.24) is 19.1 Å². The van der Waals surface area contributed by atoms with Gasteiger partial charge >= 0.3 is 0 Å². The largest absolute Gasteiger partial charge is 0.320 e. The van der Waals surface area contributed by atoms with Crippen LogP contribution < -0.4 is 0 Å². The molecule has 1 saturated carbocycles. The molecule has 2 heterocycles. The van der Waals surface area contributed by atoms with Crippen molar-refractivity contribution in [2.45, 2.75) is 43.9 Å². The van der Waals surface area contributed by atoms with Gasteiger partial charge in [-0.1, -0.05) is 18.6 Å². The molecule has 134 valence electrons. The Labute approximate surface area is 148 Å². The second-order valence-corrected chi connectivity index (χ2v) is 9.54. The summed E-state index contributed by atoms with van der Waals surface area (Å²) in [4.78, 5) is 0.431. The van der Waals surface area contributed by atoms with Gasteiger partial charge in [-0.2, -0.15) is 4.31 Å². The second-order valence-electron chi connectivity index (χ2n) is 7.64. The van der Waals surface area contributed by atoms with Gasteiger partial charge in [-0.3, -0.25) is 0 Å². The van der Waals surface area contributed by atoms with E-state index >= 15 is 0 Å². The first-order chi connectivity index (χ1) is 11.8. The number of hydrogen-bond acceptors (Lipinski definition) is 4. The van der Waals surface area contributed by atoms with Crippen LogP contribution in [0.25, 0.3) is 0 Å². The number of nitrogens with zero attached hydrogens (tertiary/aromatic N) is 4. The molecular weight excluding hydrogens is 336 g/mol. The Bertz CT molecular complexity index is 915. The first kappa shape index (κ1) is 16.7. The topological polar surface area (TPSA) is 68.1 Å². The average molecular weight is 360 g/mol. The van der Waals surface area contributed by atoms with Gasteiger partial charge in [0.05, 0.1) is 4.90 Å². The fourth-order valence-corrected chi connectivity index (χ4v) is 6.19. The summed E-state index contributed by atoms with van der Waals surface area (Å²) in [5.41, 5.74) is 1.79. The highest BCUT2D eigenvalue weighted by atomic mass is 32.2. The molecule has 1 aliphatic carbocycles. The lowest BCUT2D eigenvalue weighted by Gasteiger charge is -2.42. The Morgan fingerprint density at radius 3 is 2.60 bits per heavy atom. The van der Waals surface area contributed by atoms with Crippen LogP contribution in [0.5, 0.6) is 0 Å². The minimum absolute atomic E-state index is 0.0194. The van der Waals surface area contributed by atoms with Crippen molar-refractivity contribution in [3.8, 4) is 0 Å². The zero-order valence-electron chi connectivity index (χ0n) is 14.9. The van der Waals surface area contributed by atoms with Crippen LogP contribution in [0, 0.1) is 19.3 Å². The van der Waals surface area contributed by atoms with Crippen molar-refractivity contribution >= 4 is 10.0 Å². The maximum atomic E-state index is 13.3. The van der Waals surface area contributed by atoms with Crippen LogP contribution in [-0.4, -0.2) is 40.6 Å². The lowest BCUT2D eigenvalue weighted by atomic mass is 9.62. The zero-order valence-corrected chi connectivity index (χ0v) is 15.8. The first-order valence-electron chi connectivity index (χ1n) is 8.75. The van der Waals surface area contributed by atoms with E-state index in [1.165, 1.54) is 0 Å². The Morgan fingerprint density at radius 1 is 1.24 bits per heavy atom. The van der Waals surface area contributed by atoms with Crippen LogP contribution >= 0.6 is 0 Å². The first-order valence-corrected chi connectivity index (χ1v) is 10.2. The Morgan fingerprint density at radius 2 is 2.00 bits per heavy atom. The summed E-state index contributed by atoms with van der Waals surface area (Å²) in [6.07, 6.45) is 4.97. The smallest absolute Gasteiger partial charge is 0.243 e. The van der Waals surface area contributed by atoms with Crippen molar-refractivity contribution < 1.29 is 8.42 Å². The molecule has 6 nitrogen and oxygen atoms in total. The fourth-order valence-electron chi connectivity index (χ4n) is 4.33. The lowest BCUT2D eigenvalue weighted by molar-refractivity contribution is 0.126. The van der Waals surface area contributed by atoms with Gasteiger partial charge in [0.15, 0.2) is 0 Å². The molecule has 7 heteroatoms. The highest BCUT2D eigenvalue weighted by Gasteiger charge is 2.55. The van der Waals surface area contributed by atoms with Crippen molar-refractivity contribution in [3.63, 3.8) is 0 Å². The molecule has 2 aliphatic rings. The number of aryl methyl sites for hydroxylation is 3. The molecule has 1 aromatic carbocycles. The van der Waals surface area contributed by atoms with Gasteiger partial charge in [-0.15, -0.1) is 10.2 Å². The summed E-state index contributed by atoms with van der Waals surface area (Å²) in [7, 11) is -1.57. The molecule has 0 radical (unpaired) electrons. The SMILES string of the molecule is Cc1ccc(C)c(S(=O)(=O)N2CC(c3nncn3C)C3(CCC3)C2)c1. The van der Waals surface area contributed by atoms with Crippen LogP contribution in [0.1, 0.15) is 42.1 Å². The summed E-state index contributed by atoms with van der Waals surface area (Å²) in [6.45, 7) is 4.86. The van der Waals surface area contributed by atoms with E-state index in [-0.39, 0.29) is 11.3 Å². The quantitative estimate of drug-likeness (QED) is 0.843. The molecule has 1 aromatic heterocycles. The van der Waals surface area contributed by atoms with Crippen molar-refractivity contribution in [2.75, 3.05) is 13.1 Å². The second kappa shape index (κ2) is 5.64. The minimum atomic E-state index is -3.50. The summed E-state index contributed by atoms with van der Waals surface area (Å²) >= 11 is 0. The van der Waals surface area contributed by atoms with Crippen molar-refractivity contribution in [2.24, 2.45) is 12.5 Å². The molecule has 1 aliphatic heterocycles. The van der Waals surface area contributed by atoms with E-state index in [0.717, 1.165) is 36.2 Å². The lowest BCUT2D eigenvalue weighted by Crippen LogP contribution is -2.38. The van der Waals surface area contributed by atoms with Gasteiger partial charge in [0, 0.05) is 26.1 Å². The molecule has 1 saturated heterocycles. The third-order valence-corrected chi connectivity index (χ3v) is 7.94. The normalized spacial score (nSPS) is 23.1. The van der Waals surface area contributed by atoms with Crippen LogP contribution in [0.4, 0.5) is 0 Å². The molecule has 2 fully saturated rings. The number of sulfonamides is 1. The Balaban J connectivity index is 1.72. The molecular formula is C18H24N4O2S. The maximum Gasteiger partial charge on any atom is 0.243 e. The highest BCUT2D eigenvalue weighted by molar-refractivity contribution is 7.89. The average Bonchev–Trinajstić information content (AvgIpc) is 3.12. The van der Waals surface area contributed by atoms with Crippen LogP contribution in [-0.2, 0) is 17.1 Å². The van der Waals surface area contributed by atoms with E-state index in [0.29, 0.717) is 18.0 Å². The van der Waals surface area contributed by atoms with Gasteiger partial charge in [0.2, 0.25) is 10.0 Å². The Hall–Kier alpha value is -1.73. The number of hydrogen-bond donors (Lipinski definition) is 0.